The molecule has 152 valence electrons. The summed E-state index contributed by atoms with van der Waals surface area (Å²) in [6.45, 7) is 7.32. The van der Waals surface area contributed by atoms with E-state index in [1.807, 2.05) is 29.9 Å². The van der Waals surface area contributed by atoms with Crippen LogP contribution in [0.3, 0.4) is 0 Å². The minimum atomic E-state index is 0.247. The molecule has 0 saturated carbocycles. The number of rotatable bonds is 7. The molecule has 2 aliphatic rings. The second-order valence-electron chi connectivity index (χ2n) is 8.38. The minimum Gasteiger partial charge on any atom is -0.375 e. The molecule has 0 aliphatic carbocycles. The molecule has 0 N–H and O–H groups in total. The van der Waals surface area contributed by atoms with Gasteiger partial charge in [0.05, 0.1) is 18.4 Å². The summed E-state index contributed by atoms with van der Waals surface area (Å²) in [6.07, 6.45) is 10.8. The average Bonchev–Trinajstić information content (AvgIpc) is 3.27. The first-order valence-corrected chi connectivity index (χ1v) is 10.6. The zero-order valence-corrected chi connectivity index (χ0v) is 17.4. The van der Waals surface area contributed by atoms with Gasteiger partial charge >= 0.3 is 0 Å². The third-order valence-electron chi connectivity index (χ3n) is 6.27. The van der Waals surface area contributed by atoms with Gasteiger partial charge in [0.2, 0.25) is 5.91 Å². The molecule has 4 atom stereocenters. The van der Waals surface area contributed by atoms with E-state index in [-0.39, 0.29) is 12.0 Å². The fraction of sp³-hybridized carbons (Fsp3) is 0.810. The van der Waals surface area contributed by atoms with Crippen LogP contribution in [0.2, 0.25) is 0 Å². The lowest BCUT2D eigenvalue weighted by Gasteiger charge is -2.42. The van der Waals surface area contributed by atoms with Crippen LogP contribution in [0, 0.1) is 5.92 Å². The second kappa shape index (κ2) is 9.20. The molecule has 0 radical (unpaired) electrons. The Labute approximate surface area is 163 Å². The second-order valence-corrected chi connectivity index (χ2v) is 8.38. The van der Waals surface area contributed by atoms with E-state index >= 15 is 0 Å². The number of hydrogen-bond donors (Lipinski definition) is 0. The molecule has 6 nitrogen and oxygen atoms in total. The Morgan fingerprint density at radius 3 is 2.81 bits per heavy atom. The third kappa shape index (κ3) is 5.11. The molecule has 27 heavy (non-hydrogen) atoms. The summed E-state index contributed by atoms with van der Waals surface area (Å²) in [6, 6.07) is 0.353. The number of carbonyl (C=O) groups excluding carboxylic acids is 1. The highest BCUT2D eigenvalue weighted by molar-refractivity contribution is 5.75. The number of aromatic nitrogens is 2. The van der Waals surface area contributed by atoms with Crippen molar-refractivity contribution >= 4 is 5.91 Å². The quantitative estimate of drug-likeness (QED) is 0.734. The summed E-state index contributed by atoms with van der Waals surface area (Å²) in [5.41, 5.74) is 1.28. The third-order valence-corrected chi connectivity index (χ3v) is 6.27. The van der Waals surface area contributed by atoms with E-state index in [1.54, 1.807) is 0 Å². The van der Waals surface area contributed by atoms with Gasteiger partial charge in [0.1, 0.15) is 0 Å². The van der Waals surface area contributed by atoms with Gasteiger partial charge in [-0.2, -0.15) is 5.10 Å². The molecule has 0 spiro atoms. The highest BCUT2D eigenvalue weighted by Gasteiger charge is 2.34. The van der Waals surface area contributed by atoms with Gasteiger partial charge in [-0.3, -0.25) is 14.4 Å². The highest BCUT2D eigenvalue weighted by Crippen LogP contribution is 2.36. The number of aryl methyl sites for hydroxylation is 1. The lowest BCUT2D eigenvalue weighted by molar-refractivity contribution is -0.131. The maximum Gasteiger partial charge on any atom is 0.222 e. The van der Waals surface area contributed by atoms with Crippen molar-refractivity contribution in [2.24, 2.45) is 13.0 Å². The van der Waals surface area contributed by atoms with Crippen LogP contribution in [0.5, 0.6) is 0 Å². The Bertz CT molecular complexity index is 617. The summed E-state index contributed by atoms with van der Waals surface area (Å²) in [5, 5.41) is 4.38. The lowest BCUT2D eigenvalue weighted by atomic mass is 9.85. The van der Waals surface area contributed by atoms with Crippen molar-refractivity contribution in [2.45, 2.75) is 70.6 Å². The van der Waals surface area contributed by atoms with Gasteiger partial charge < -0.3 is 9.64 Å². The molecular weight excluding hydrogens is 340 g/mol. The van der Waals surface area contributed by atoms with Crippen molar-refractivity contribution in [3.8, 4) is 0 Å². The van der Waals surface area contributed by atoms with E-state index in [9.17, 15) is 4.79 Å². The Morgan fingerprint density at radius 1 is 1.37 bits per heavy atom. The summed E-state index contributed by atoms with van der Waals surface area (Å²) >= 11 is 0. The fourth-order valence-electron chi connectivity index (χ4n) is 4.80. The fourth-order valence-corrected chi connectivity index (χ4v) is 4.80. The molecule has 2 aliphatic heterocycles. The van der Waals surface area contributed by atoms with Crippen LogP contribution in [0.15, 0.2) is 12.4 Å². The van der Waals surface area contributed by atoms with Crippen LogP contribution in [0.1, 0.15) is 64.0 Å². The molecule has 6 heteroatoms. The maximum atomic E-state index is 12.7. The highest BCUT2D eigenvalue weighted by atomic mass is 16.5. The number of nitrogens with zero attached hydrogens (tertiary/aromatic N) is 4. The summed E-state index contributed by atoms with van der Waals surface area (Å²) in [5.74, 6) is 0.705. The van der Waals surface area contributed by atoms with Crippen molar-refractivity contribution in [2.75, 3.05) is 26.7 Å². The van der Waals surface area contributed by atoms with Crippen molar-refractivity contribution in [1.82, 2.24) is 19.6 Å². The first-order valence-electron chi connectivity index (χ1n) is 10.6. The first-order chi connectivity index (χ1) is 13.0. The van der Waals surface area contributed by atoms with Gasteiger partial charge in [0, 0.05) is 44.9 Å². The number of likely N-dealkylation sites (tertiary alicyclic amines) is 1. The van der Waals surface area contributed by atoms with Crippen LogP contribution in [0.25, 0.3) is 0 Å². The number of hydrogen-bond acceptors (Lipinski definition) is 4. The number of carbonyl (C=O) groups is 1. The normalized spacial score (nSPS) is 29.2. The standard InChI is InChI=1S/C21H36N4O2/c1-5-25-12-6-7-17(21(25)18-13-22-24(4)15-18)14-23(3)20(26)11-10-19-9-8-16(2)27-19/h13,15-17,19,21H,5-12,14H2,1-4H3/t16-,17+,19-,21-/m1/s1. The van der Waals surface area contributed by atoms with Crippen LogP contribution in [-0.4, -0.2) is 64.4 Å². The summed E-state index contributed by atoms with van der Waals surface area (Å²) in [7, 11) is 3.94. The van der Waals surface area contributed by atoms with Crippen molar-refractivity contribution in [1.29, 1.82) is 0 Å². The smallest absolute Gasteiger partial charge is 0.222 e. The maximum absolute atomic E-state index is 12.7. The van der Waals surface area contributed by atoms with Crippen LogP contribution in [0.4, 0.5) is 0 Å². The van der Waals surface area contributed by atoms with Gasteiger partial charge in [-0.05, 0) is 58.0 Å². The topological polar surface area (TPSA) is 50.6 Å². The molecule has 3 rings (SSSR count). The Balaban J connectivity index is 1.58. The lowest BCUT2D eigenvalue weighted by Crippen LogP contribution is -2.44. The molecule has 2 fully saturated rings. The van der Waals surface area contributed by atoms with Crippen LogP contribution < -0.4 is 0 Å². The largest absolute Gasteiger partial charge is 0.375 e. The predicted molar refractivity (Wildman–Crippen MR) is 106 cm³/mol. The first kappa shape index (κ1) is 20.3. The van der Waals surface area contributed by atoms with Gasteiger partial charge in [-0.1, -0.05) is 6.92 Å². The van der Waals surface area contributed by atoms with Crippen LogP contribution >= 0.6 is 0 Å². The number of ether oxygens (including phenoxy) is 1. The SMILES string of the molecule is CCN1CCC[C@@H](CN(C)C(=O)CC[C@H]2CC[C@@H](C)O2)[C@@H]1c1cnn(C)c1. The molecule has 3 heterocycles. The van der Waals surface area contributed by atoms with Crippen LogP contribution in [-0.2, 0) is 16.6 Å². The Hall–Kier alpha value is -1.40. The van der Waals surface area contributed by atoms with Crippen molar-refractivity contribution < 1.29 is 9.53 Å². The predicted octanol–water partition coefficient (Wildman–Crippen LogP) is 3.00. The van der Waals surface area contributed by atoms with Gasteiger partial charge in [-0.25, -0.2) is 0 Å². The molecule has 0 aromatic carbocycles. The van der Waals surface area contributed by atoms with Crippen molar-refractivity contribution in [3.05, 3.63) is 18.0 Å². The molecule has 0 bridgehead atoms. The molecule has 0 unspecified atom stereocenters. The molecule has 2 saturated heterocycles. The Kier molecular flexibility index (Phi) is 6.93. The monoisotopic (exact) mass is 376 g/mol. The zero-order chi connectivity index (χ0) is 19.4. The molecule has 1 amide bonds. The molecular formula is C21H36N4O2. The van der Waals surface area contributed by atoms with E-state index in [4.69, 9.17) is 4.74 Å². The number of amides is 1. The van der Waals surface area contributed by atoms with E-state index in [0.29, 0.717) is 24.5 Å². The van der Waals surface area contributed by atoms with E-state index in [1.165, 1.54) is 12.0 Å². The molecule has 1 aromatic rings. The minimum absolute atomic E-state index is 0.247. The van der Waals surface area contributed by atoms with Gasteiger partial charge in [-0.15, -0.1) is 0 Å². The summed E-state index contributed by atoms with van der Waals surface area (Å²) < 4.78 is 7.74. The van der Waals surface area contributed by atoms with Crippen molar-refractivity contribution in [3.63, 3.8) is 0 Å². The zero-order valence-electron chi connectivity index (χ0n) is 17.4. The van der Waals surface area contributed by atoms with E-state index in [2.05, 4.69) is 30.0 Å². The summed E-state index contributed by atoms with van der Waals surface area (Å²) in [4.78, 5) is 17.2. The van der Waals surface area contributed by atoms with Gasteiger partial charge in [0.15, 0.2) is 0 Å². The van der Waals surface area contributed by atoms with Gasteiger partial charge in [0.25, 0.3) is 0 Å². The average molecular weight is 377 g/mol. The Morgan fingerprint density at radius 2 is 2.19 bits per heavy atom. The van der Waals surface area contributed by atoms with E-state index in [0.717, 1.165) is 45.3 Å². The van der Waals surface area contributed by atoms with E-state index < -0.39 is 0 Å². The molecule has 1 aromatic heterocycles. The number of piperidine rings is 1.